The van der Waals surface area contributed by atoms with Crippen LogP contribution in [0.4, 0.5) is 0 Å². The van der Waals surface area contributed by atoms with Crippen LogP contribution in [0.15, 0.2) is 54.6 Å². The maximum Gasteiger partial charge on any atom is 0.306 e. The van der Waals surface area contributed by atoms with E-state index in [0.29, 0.717) is 0 Å². The predicted octanol–water partition coefficient (Wildman–Crippen LogP) is 4.14. The molecule has 1 atom stereocenters. The topological polar surface area (TPSA) is 40.5 Å². The first kappa shape index (κ1) is 16.7. The summed E-state index contributed by atoms with van der Waals surface area (Å²) in [4.78, 5) is 13.6. The average molecular weight is 323 g/mol. The van der Waals surface area contributed by atoms with Crippen molar-refractivity contribution >= 4 is 5.97 Å². The molecular weight excluding hydrogens is 298 g/mol. The second-order valence-electron chi connectivity index (χ2n) is 6.56. The van der Waals surface area contributed by atoms with Gasteiger partial charge < -0.3 is 5.11 Å². The van der Waals surface area contributed by atoms with Gasteiger partial charge in [-0.3, -0.25) is 9.69 Å². The van der Waals surface area contributed by atoms with Gasteiger partial charge in [0, 0.05) is 0 Å². The summed E-state index contributed by atoms with van der Waals surface area (Å²) in [6.07, 6.45) is 2.50. The normalized spacial score (nSPS) is 17.5. The molecule has 2 aromatic rings. The Labute approximate surface area is 143 Å². The molecule has 1 N–H and O–H groups in total. The smallest absolute Gasteiger partial charge is 0.306 e. The molecule has 3 nitrogen and oxygen atoms in total. The number of likely N-dealkylation sites (tertiary alicyclic amines) is 1. The number of aliphatic carboxylic acids is 1. The van der Waals surface area contributed by atoms with E-state index in [1.165, 1.54) is 16.7 Å². The summed E-state index contributed by atoms with van der Waals surface area (Å²) in [5.74, 6) is -0.849. The zero-order valence-electron chi connectivity index (χ0n) is 14.2. The molecular formula is C21H25NO2. The second-order valence-corrected chi connectivity index (χ2v) is 6.56. The SMILES string of the molecule is CCc1ccc(C(c2ccccc2)N2CCC(C(=O)O)CC2)cc1. The number of carboxylic acid groups (broad SMARTS) is 1. The molecule has 3 rings (SSSR count). The van der Waals surface area contributed by atoms with E-state index < -0.39 is 5.97 Å². The summed E-state index contributed by atoms with van der Waals surface area (Å²) < 4.78 is 0. The highest BCUT2D eigenvalue weighted by atomic mass is 16.4. The lowest BCUT2D eigenvalue weighted by Gasteiger charge is -2.37. The third kappa shape index (κ3) is 3.68. The van der Waals surface area contributed by atoms with Crippen LogP contribution >= 0.6 is 0 Å². The van der Waals surface area contributed by atoms with Gasteiger partial charge in [-0.1, -0.05) is 61.5 Å². The minimum absolute atomic E-state index is 0.194. The van der Waals surface area contributed by atoms with Gasteiger partial charge in [-0.15, -0.1) is 0 Å². The molecule has 2 aromatic carbocycles. The zero-order valence-corrected chi connectivity index (χ0v) is 14.2. The van der Waals surface area contributed by atoms with Gasteiger partial charge >= 0.3 is 5.97 Å². The van der Waals surface area contributed by atoms with Crippen LogP contribution in [0.5, 0.6) is 0 Å². The van der Waals surface area contributed by atoms with Crippen LogP contribution in [0.25, 0.3) is 0 Å². The highest BCUT2D eigenvalue weighted by Gasteiger charge is 2.29. The third-order valence-corrected chi connectivity index (χ3v) is 5.06. The Hall–Kier alpha value is -2.13. The number of hydrogen-bond acceptors (Lipinski definition) is 2. The van der Waals surface area contributed by atoms with E-state index in [-0.39, 0.29) is 12.0 Å². The van der Waals surface area contributed by atoms with E-state index in [2.05, 4.69) is 60.4 Å². The van der Waals surface area contributed by atoms with Crippen molar-refractivity contribution in [3.63, 3.8) is 0 Å². The first-order valence-corrected chi connectivity index (χ1v) is 8.79. The lowest BCUT2D eigenvalue weighted by molar-refractivity contribution is -0.143. The number of carbonyl (C=O) groups is 1. The predicted molar refractivity (Wildman–Crippen MR) is 96.0 cm³/mol. The van der Waals surface area contributed by atoms with Crippen LogP contribution in [0.2, 0.25) is 0 Å². The second kappa shape index (κ2) is 7.63. The van der Waals surface area contributed by atoms with Crippen LogP contribution in [0.1, 0.15) is 42.5 Å². The van der Waals surface area contributed by atoms with Gasteiger partial charge in [0.25, 0.3) is 0 Å². The van der Waals surface area contributed by atoms with Gasteiger partial charge in [0.1, 0.15) is 0 Å². The van der Waals surface area contributed by atoms with E-state index in [1.807, 2.05) is 6.07 Å². The molecule has 0 radical (unpaired) electrons. The molecule has 1 heterocycles. The van der Waals surface area contributed by atoms with Gasteiger partial charge in [-0.2, -0.15) is 0 Å². The van der Waals surface area contributed by atoms with Gasteiger partial charge in [-0.05, 0) is 49.0 Å². The Kier molecular flexibility index (Phi) is 5.31. The fourth-order valence-corrected chi connectivity index (χ4v) is 3.59. The summed E-state index contributed by atoms with van der Waals surface area (Å²) in [7, 11) is 0. The Balaban J connectivity index is 1.87. The molecule has 1 aliphatic heterocycles. The van der Waals surface area contributed by atoms with Crippen LogP contribution in [0.3, 0.4) is 0 Å². The molecule has 0 bridgehead atoms. The Bertz CT molecular complexity index is 658. The Morgan fingerprint density at radius 2 is 1.62 bits per heavy atom. The Morgan fingerprint density at radius 3 is 2.17 bits per heavy atom. The van der Waals surface area contributed by atoms with E-state index in [0.717, 1.165) is 32.4 Å². The van der Waals surface area contributed by atoms with E-state index in [9.17, 15) is 9.90 Å². The fraction of sp³-hybridized carbons (Fsp3) is 0.381. The summed E-state index contributed by atoms with van der Waals surface area (Å²) >= 11 is 0. The molecule has 1 fully saturated rings. The van der Waals surface area contributed by atoms with Gasteiger partial charge in [0.2, 0.25) is 0 Å². The van der Waals surface area contributed by atoms with Crippen molar-refractivity contribution in [2.45, 2.75) is 32.2 Å². The molecule has 0 spiro atoms. The van der Waals surface area contributed by atoms with Crippen molar-refractivity contribution < 1.29 is 9.90 Å². The minimum atomic E-state index is -0.654. The third-order valence-electron chi connectivity index (χ3n) is 5.06. The van der Waals surface area contributed by atoms with Gasteiger partial charge in [0.05, 0.1) is 12.0 Å². The molecule has 0 aromatic heterocycles. The lowest BCUT2D eigenvalue weighted by atomic mass is 9.91. The maximum atomic E-state index is 11.2. The number of aryl methyl sites for hydroxylation is 1. The number of benzene rings is 2. The molecule has 0 saturated carbocycles. The molecule has 0 amide bonds. The van der Waals surface area contributed by atoms with E-state index >= 15 is 0 Å². The van der Waals surface area contributed by atoms with Crippen LogP contribution in [-0.4, -0.2) is 29.1 Å². The van der Waals surface area contributed by atoms with Gasteiger partial charge in [-0.25, -0.2) is 0 Å². The Morgan fingerprint density at radius 1 is 1.04 bits per heavy atom. The van der Waals surface area contributed by atoms with Gasteiger partial charge in [0.15, 0.2) is 0 Å². The number of hydrogen-bond donors (Lipinski definition) is 1. The first-order chi connectivity index (χ1) is 11.7. The van der Waals surface area contributed by atoms with Crippen molar-refractivity contribution in [3.05, 3.63) is 71.3 Å². The first-order valence-electron chi connectivity index (χ1n) is 8.79. The van der Waals surface area contributed by atoms with Crippen molar-refractivity contribution in [2.75, 3.05) is 13.1 Å². The fourth-order valence-electron chi connectivity index (χ4n) is 3.59. The molecule has 1 saturated heterocycles. The zero-order chi connectivity index (χ0) is 16.9. The van der Waals surface area contributed by atoms with Crippen molar-refractivity contribution in [3.8, 4) is 0 Å². The maximum absolute atomic E-state index is 11.2. The quantitative estimate of drug-likeness (QED) is 0.899. The highest BCUT2D eigenvalue weighted by molar-refractivity contribution is 5.70. The molecule has 0 aliphatic carbocycles. The highest BCUT2D eigenvalue weighted by Crippen LogP contribution is 2.32. The number of carboxylic acids is 1. The van der Waals surface area contributed by atoms with Crippen molar-refractivity contribution in [1.29, 1.82) is 0 Å². The molecule has 24 heavy (non-hydrogen) atoms. The number of nitrogens with zero attached hydrogens (tertiary/aromatic N) is 1. The standard InChI is InChI=1S/C21H25NO2/c1-2-16-8-10-18(11-9-16)20(17-6-4-3-5-7-17)22-14-12-19(13-15-22)21(23)24/h3-11,19-20H,2,12-15H2,1H3,(H,23,24). The monoisotopic (exact) mass is 323 g/mol. The minimum Gasteiger partial charge on any atom is -0.481 e. The van der Waals surface area contributed by atoms with Crippen molar-refractivity contribution in [2.24, 2.45) is 5.92 Å². The van der Waals surface area contributed by atoms with E-state index in [4.69, 9.17) is 0 Å². The molecule has 1 aliphatic rings. The largest absolute Gasteiger partial charge is 0.481 e. The summed E-state index contributed by atoms with van der Waals surface area (Å²) in [6.45, 7) is 3.82. The summed E-state index contributed by atoms with van der Waals surface area (Å²) in [5.41, 5.74) is 3.90. The van der Waals surface area contributed by atoms with Crippen LogP contribution in [-0.2, 0) is 11.2 Å². The number of rotatable bonds is 5. The summed E-state index contributed by atoms with van der Waals surface area (Å²) in [6, 6.07) is 19.6. The van der Waals surface area contributed by atoms with Crippen molar-refractivity contribution in [1.82, 2.24) is 4.90 Å². The molecule has 1 unspecified atom stereocenters. The molecule has 3 heteroatoms. The molecule has 126 valence electrons. The summed E-state index contributed by atoms with van der Waals surface area (Å²) in [5, 5.41) is 9.24. The lowest BCUT2D eigenvalue weighted by Crippen LogP contribution is -2.39. The van der Waals surface area contributed by atoms with E-state index in [1.54, 1.807) is 0 Å². The van der Waals surface area contributed by atoms with Crippen LogP contribution < -0.4 is 0 Å². The number of piperidine rings is 1. The van der Waals surface area contributed by atoms with Crippen LogP contribution in [0, 0.1) is 5.92 Å². The average Bonchev–Trinajstić information content (AvgIpc) is 2.64.